The molecule has 0 spiro atoms. The number of piperidine rings is 1. The Hall–Kier alpha value is -1.06. The van der Waals surface area contributed by atoms with Gasteiger partial charge in [0.05, 0.1) is 0 Å². The average Bonchev–Trinajstić information content (AvgIpc) is 2.35. The third-order valence-corrected chi connectivity index (χ3v) is 3.19. The maximum absolute atomic E-state index is 11.7. The van der Waals surface area contributed by atoms with E-state index in [4.69, 9.17) is 5.41 Å². The van der Waals surface area contributed by atoms with Crippen LogP contribution in [0.15, 0.2) is 0 Å². The van der Waals surface area contributed by atoms with Gasteiger partial charge >= 0.3 is 6.03 Å². The monoisotopic (exact) mass is 241 g/mol. The Morgan fingerprint density at radius 3 is 2.59 bits per heavy atom. The van der Waals surface area contributed by atoms with E-state index in [0.717, 1.165) is 25.4 Å². The molecule has 0 bridgehead atoms. The third kappa shape index (κ3) is 5.71. The highest BCUT2D eigenvalue weighted by atomic mass is 16.2. The summed E-state index contributed by atoms with van der Waals surface area (Å²) < 4.78 is 0. The first-order valence-electron chi connectivity index (χ1n) is 6.67. The Bertz CT molecular complexity index is 231. The van der Waals surface area contributed by atoms with Crippen molar-refractivity contribution in [2.75, 3.05) is 19.6 Å². The Kier molecular flexibility index (Phi) is 8.46. The molecule has 1 saturated heterocycles. The van der Waals surface area contributed by atoms with Gasteiger partial charge in [0, 0.05) is 19.6 Å². The maximum atomic E-state index is 11.7. The summed E-state index contributed by atoms with van der Waals surface area (Å²) in [5.41, 5.74) is 0. The van der Waals surface area contributed by atoms with Crippen LogP contribution in [0.5, 0.6) is 0 Å². The predicted molar refractivity (Wildman–Crippen MR) is 72.7 cm³/mol. The number of hydrogen-bond donors (Lipinski definition) is 2. The molecule has 0 aromatic rings. The van der Waals surface area contributed by atoms with E-state index in [1.165, 1.54) is 6.21 Å². The average molecular weight is 241 g/mol. The van der Waals surface area contributed by atoms with E-state index in [2.05, 4.69) is 19.2 Å². The van der Waals surface area contributed by atoms with Crippen LogP contribution in [0.1, 0.15) is 40.5 Å². The minimum atomic E-state index is 0.0237. The smallest absolute Gasteiger partial charge is 0.317 e. The second-order valence-electron chi connectivity index (χ2n) is 4.41. The maximum Gasteiger partial charge on any atom is 0.317 e. The molecule has 100 valence electrons. The normalized spacial score (nSPS) is 23.4. The van der Waals surface area contributed by atoms with Gasteiger partial charge in [-0.3, -0.25) is 0 Å². The highest BCUT2D eigenvalue weighted by Gasteiger charge is 2.25. The number of hydrogen-bond acceptors (Lipinski definition) is 2. The molecule has 1 fully saturated rings. The molecule has 1 aliphatic heterocycles. The number of urea groups is 1. The summed E-state index contributed by atoms with van der Waals surface area (Å²) in [6, 6.07) is 0.0237. The first-order chi connectivity index (χ1) is 8.15. The molecular formula is C13H27N3O. The summed E-state index contributed by atoms with van der Waals surface area (Å²) in [5, 5.41) is 9.68. The van der Waals surface area contributed by atoms with Crippen LogP contribution in [0.25, 0.3) is 0 Å². The molecule has 2 atom stereocenters. The number of carbonyl (C=O) groups is 1. The molecule has 4 heteroatoms. The molecule has 0 aliphatic carbocycles. The van der Waals surface area contributed by atoms with E-state index in [0.29, 0.717) is 18.9 Å². The SMILES string of the molecule is CC.CC1CCN(C(=O)NCCC=N)CC1C. The van der Waals surface area contributed by atoms with Crippen molar-refractivity contribution in [2.24, 2.45) is 11.8 Å². The van der Waals surface area contributed by atoms with Crippen LogP contribution in [0.4, 0.5) is 4.79 Å². The largest absolute Gasteiger partial charge is 0.338 e. The fourth-order valence-electron chi connectivity index (χ4n) is 1.81. The van der Waals surface area contributed by atoms with Crippen LogP contribution in [-0.2, 0) is 0 Å². The van der Waals surface area contributed by atoms with Crippen molar-refractivity contribution >= 4 is 12.2 Å². The van der Waals surface area contributed by atoms with Crippen LogP contribution in [0.2, 0.25) is 0 Å². The highest BCUT2D eigenvalue weighted by Crippen LogP contribution is 2.22. The van der Waals surface area contributed by atoms with Crippen LogP contribution >= 0.6 is 0 Å². The van der Waals surface area contributed by atoms with Gasteiger partial charge in [0.25, 0.3) is 0 Å². The van der Waals surface area contributed by atoms with Crippen molar-refractivity contribution in [1.82, 2.24) is 10.2 Å². The van der Waals surface area contributed by atoms with Crippen LogP contribution in [-0.4, -0.2) is 36.8 Å². The zero-order valence-corrected chi connectivity index (χ0v) is 11.6. The molecule has 1 rings (SSSR count). The van der Waals surface area contributed by atoms with Crippen molar-refractivity contribution < 1.29 is 4.79 Å². The van der Waals surface area contributed by atoms with E-state index in [9.17, 15) is 4.79 Å². The lowest BCUT2D eigenvalue weighted by atomic mass is 9.89. The summed E-state index contributed by atoms with van der Waals surface area (Å²) in [6.45, 7) is 10.7. The predicted octanol–water partition coefficient (Wildman–Crippen LogP) is 2.74. The second-order valence-corrected chi connectivity index (χ2v) is 4.41. The summed E-state index contributed by atoms with van der Waals surface area (Å²) in [4.78, 5) is 13.5. The highest BCUT2D eigenvalue weighted by molar-refractivity contribution is 5.74. The van der Waals surface area contributed by atoms with Crippen molar-refractivity contribution in [3.8, 4) is 0 Å². The Labute approximate surface area is 105 Å². The van der Waals surface area contributed by atoms with Crippen molar-refractivity contribution in [2.45, 2.75) is 40.5 Å². The lowest BCUT2D eigenvalue weighted by Crippen LogP contribution is -2.47. The molecule has 0 aromatic carbocycles. The fraction of sp³-hybridized carbons (Fsp3) is 0.846. The molecule has 2 unspecified atom stereocenters. The van der Waals surface area contributed by atoms with E-state index in [1.54, 1.807) is 0 Å². The Morgan fingerprint density at radius 2 is 2.06 bits per heavy atom. The van der Waals surface area contributed by atoms with Gasteiger partial charge in [-0.25, -0.2) is 4.79 Å². The van der Waals surface area contributed by atoms with Gasteiger partial charge < -0.3 is 15.6 Å². The Morgan fingerprint density at radius 1 is 1.41 bits per heavy atom. The molecular weight excluding hydrogens is 214 g/mol. The second kappa shape index (κ2) is 9.02. The Balaban J connectivity index is 0.00000121. The molecule has 0 radical (unpaired) electrons. The third-order valence-electron chi connectivity index (χ3n) is 3.19. The summed E-state index contributed by atoms with van der Waals surface area (Å²) in [7, 11) is 0. The van der Waals surface area contributed by atoms with Crippen LogP contribution < -0.4 is 5.32 Å². The summed E-state index contributed by atoms with van der Waals surface area (Å²) in [5.74, 6) is 1.31. The number of nitrogens with zero attached hydrogens (tertiary/aromatic N) is 1. The number of rotatable bonds is 3. The van der Waals surface area contributed by atoms with Gasteiger partial charge in [-0.05, 0) is 30.9 Å². The standard InChI is InChI=1S/C11H21N3O.C2H6/c1-9-4-7-14(8-10(9)2)11(15)13-6-3-5-12;1-2/h5,9-10,12H,3-4,6-8H2,1-2H3,(H,13,15);1-2H3. The number of amides is 2. The first-order valence-corrected chi connectivity index (χ1v) is 6.67. The molecule has 0 saturated carbocycles. The van der Waals surface area contributed by atoms with Gasteiger partial charge in [0.15, 0.2) is 0 Å². The van der Waals surface area contributed by atoms with Crippen molar-refractivity contribution in [3.05, 3.63) is 0 Å². The van der Waals surface area contributed by atoms with E-state index < -0.39 is 0 Å². The molecule has 0 aromatic heterocycles. The molecule has 1 heterocycles. The first kappa shape index (κ1) is 15.9. The number of nitrogens with one attached hydrogen (secondary N) is 2. The van der Waals surface area contributed by atoms with Crippen molar-refractivity contribution in [3.63, 3.8) is 0 Å². The topological polar surface area (TPSA) is 56.2 Å². The van der Waals surface area contributed by atoms with Gasteiger partial charge in [-0.2, -0.15) is 0 Å². The van der Waals surface area contributed by atoms with Gasteiger partial charge in [-0.1, -0.05) is 27.7 Å². The van der Waals surface area contributed by atoms with Crippen LogP contribution in [0.3, 0.4) is 0 Å². The van der Waals surface area contributed by atoms with Gasteiger partial charge in [-0.15, -0.1) is 0 Å². The van der Waals surface area contributed by atoms with E-state index in [1.807, 2.05) is 18.7 Å². The fourth-order valence-corrected chi connectivity index (χ4v) is 1.81. The number of likely N-dealkylation sites (tertiary alicyclic amines) is 1. The zero-order valence-electron chi connectivity index (χ0n) is 11.6. The minimum Gasteiger partial charge on any atom is -0.338 e. The molecule has 2 amide bonds. The van der Waals surface area contributed by atoms with Gasteiger partial charge in [0.2, 0.25) is 0 Å². The molecule has 4 nitrogen and oxygen atoms in total. The van der Waals surface area contributed by atoms with Crippen molar-refractivity contribution in [1.29, 1.82) is 5.41 Å². The molecule has 17 heavy (non-hydrogen) atoms. The zero-order chi connectivity index (χ0) is 13.3. The molecule has 2 N–H and O–H groups in total. The number of carbonyl (C=O) groups excluding carboxylic acids is 1. The van der Waals surface area contributed by atoms with Crippen LogP contribution in [0, 0.1) is 17.2 Å². The van der Waals surface area contributed by atoms with E-state index in [-0.39, 0.29) is 6.03 Å². The molecule has 1 aliphatic rings. The lowest BCUT2D eigenvalue weighted by Gasteiger charge is -2.35. The van der Waals surface area contributed by atoms with E-state index >= 15 is 0 Å². The summed E-state index contributed by atoms with van der Waals surface area (Å²) >= 11 is 0. The summed E-state index contributed by atoms with van der Waals surface area (Å²) in [6.07, 6.45) is 3.03. The quantitative estimate of drug-likeness (QED) is 0.579. The minimum absolute atomic E-state index is 0.0237. The van der Waals surface area contributed by atoms with Gasteiger partial charge in [0.1, 0.15) is 0 Å². The lowest BCUT2D eigenvalue weighted by molar-refractivity contribution is 0.145.